The molecule has 0 radical (unpaired) electrons. The van der Waals surface area contributed by atoms with Gasteiger partial charge in [0.1, 0.15) is 41.2 Å². The number of hydrogen-bond acceptors (Lipinski definition) is 10. The van der Waals surface area contributed by atoms with Gasteiger partial charge in [-0.1, -0.05) is 88.6 Å². The molecule has 0 bridgehead atoms. The fourth-order valence-corrected chi connectivity index (χ4v) is 7.47. The van der Waals surface area contributed by atoms with Crippen molar-refractivity contribution in [2.75, 3.05) is 54.4 Å². The second-order valence-electron chi connectivity index (χ2n) is 15.7. The fourth-order valence-electron chi connectivity index (χ4n) is 7.47. The Balaban J connectivity index is 1.62. The molecule has 4 aromatic rings. The summed E-state index contributed by atoms with van der Waals surface area (Å²) in [6.45, 7) is 10.4. The zero-order valence-corrected chi connectivity index (χ0v) is 36.9. The Morgan fingerprint density at radius 2 is 1.02 bits per heavy atom. The van der Waals surface area contributed by atoms with E-state index in [1.165, 1.54) is 0 Å². The molecule has 60 heavy (non-hydrogen) atoms. The van der Waals surface area contributed by atoms with Crippen LogP contribution in [0.1, 0.15) is 92.7 Å². The van der Waals surface area contributed by atoms with Crippen LogP contribution in [0, 0.1) is 6.92 Å². The van der Waals surface area contributed by atoms with Crippen LogP contribution in [0.5, 0.6) is 17.2 Å². The molecule has 0 aromatic heterocycles. The summed E-state index contributed by atoms with van der Waals surface area (Å²) in [5, 5.41) is 13.5. The Hall–Kier alpha value is -4.00. The molecule has 2 unspecified atom stereocenters. The van der Waals surface area contributed by atoms with Gasteiger partial charge < -0.3 is 47.7 Å². The van der Waals surface area contributed by atoms with Gasteiger partial charge in [0.2, 0.25) is 5.79 Å². The number of ether oxygens (including phenoxy) is 9. The smallest absolute Gasteiger partial charge is 0.223 e. The van der Waals surface area contributed by atoms with Gasteiger partial charge >= 0.3 is 0 Å². The van der Waals surface area contributed by atoms with E-state index in [0.717, 1.165) is 83.6 Å². The summed E-state index contributed by atoms with van der Waals surface area (Å²) in [5.74, 6) is 0.325. The summed E-state index contributed by atoms with van der Waals surface area (Å²) in [7, 11) is 4.96. The SMILES string of the molecule is CCCCOC1[C@@H](OCCCC)[C@H](OCCCC)C(COCc2ccc(OC)cc2)(COCc2ccc(OC)cc2)OC1(O)c1ccc(C)c(Cc2ccc(OC)cc2)c1. The van der Waals surface area contributed by atoms with E-state index in [0.29, 0.717) is 31.8 Å². The average Bonchev–Trinajstić information content (AvgIpc) is 3.27. The molecule has 0 saturated carbocycles. The van der Waals surface area contributed by atoms with Crippen LogP contribution in [0.3, 0.4) is 0 Å². The molecule has 1 N–H and O–H groups in total. The molecule has 5 rings (SSSR count). The molecule has 0 amide bonds. The van der Waals surface area contributed by atoms with Crippen molar-refractivity contribution < 1.29 is 47.7 Å². The van der Waals surface area contributed by atoms with Crippen molar-refractivity contribution in [1.29, 1.82) is 0 Å². The summed E-state index contributed by atoms with van der Waals surface area (Å²) in [6.07, 6.45) is 3.45. The van der Waals surface area contributed by atoms with Crippen LogP contribution in [-0.2, 0) is 53.8 Å². The molecule has 1 saturated heterocycles. The molecule has 0 aliphatic carbocycles. The van der Waals surface area contributed by atoms with Crippen molar-refractivity contribution in [3.63, 3.8) is 0 Å². The summed E-state index contributed by atoms with van der Waals surface area (Å²) in [4.78, 5) is 0. The van der Waals surface area contributed by atoms with Crippen LogP contribution in [0.25, 0.3) is 0 Å². The predicted octanol–water partition coefficient (Wildman–Crippen LogP) is 9.52. The van der Waals surface area contributed by atoms with Crippen molar-refractivity contribution in [3.05, 3.63) is 124 Å². The molecule has 0 spiro atoms. The average molecular weight is 829 g/mol. The van der Waals surface area contributed by atoms with Crippen LogP contribution >= 0.6 is 0 Å². The van der Waals surface area contributed by atoms with Crippen LogP contribution in [0.4, 0.5) is 0 Å². The summed E-state index contributed by atoms with van der Waals surface area (Å²) in [6, 6.07) is 29.6. The number of benzene rings is 4. The molecule has 1 aliphatic rings. The third kappa shape index (κ3) is 12.5. The maximum Gasteiger partial charge on any atom is 0.223 e. The van der Waals surface area contributed by atoms with E-state index in [1.54, 1.807) is 21.3 Å². The first kappa shape index (κ1) is 47.1. The largest absolute Gasteiger partial charge is 0.497 e. The predicted molar refractivity (Wildman–Crippen MR) is 234 cm³/mol. The van der Waals surface area contributed by atoms with Gasteiger partial charge in [-0.05, 0) is 103 Å². The molecular formula is C50H68O10. The van der Waals surface area contributed by atoms with E-state index in [1.807, 2.05) is 78.9 Å². The minimum absolute atomic E-state index is 0.0284. The number of rotatable bonds is 26. The molecular weight excluding hydrogens is 761 g/mol. The third-order valence-electron chi connectivity index (χ3n) is 11.1. The quantitative estimate of drug-likeness (QED) is 0.0616. The summed E-state index contributed by atoms with van der Waals surface area (Å²) < 4.78 is 57.4. The fraction of sp³-hybridized carbons (Fsp3) is 0.520. The Morgan fingerprint density at radius 1 is 0.567 bits per heavy atom. The first-order chi connectivity index (χ1) is 29.2. The zero-order valence-electron chi connectivity index (χ0n) is 36.9. The van der Waals surface area contributed by atoms with Crippen LogP contribution in [-0.4, -0.2) is 83.4 Å². The van der Waals surface area contributed by atoms with Crippen LogP contribution in [0.15, 0.2) is 91.0 Å². The standard InChI is InChI=1S/C50H68O10/c1-8-11-28-57-46-47(58-29-12-9-2)49(35-55-33-39-17-24-44(53-6)25-18-39,36-56-34-40-19-26-45(54-7)27-20-40)60-50(51,48(46)59-30-13-10-3)42-21-14-37(4)41(32-42)31-38-15-22-43(52-5)23-16-38/h14-27,32,46-48,51H,8-13,28-31,33-36H2,1-7H3/t46-,47-,48?,50?/m0/s1. The number of aryl methyl sites for hydroxylation is 1. The topological polar surface area (TPSA) is 103 Å². The van der Waals surface area contributed by atoms with E-state index in [4.69, 9.17) is 42.6 Å². The van der Waals surface area contributed by atoms with Crippen LogP contribution in [0.2, 0.25) is 0 Å². The minimum atomic E-state index is -2.00. The number of aliphatic hydroxyl groups is 1. The zero-order chi connectivity index (χ0) is 42.8. The van der Waals surface area contributed by atoms with E-state index in [2.05, 4.69) is 39.8 Å². The molecule has 1 heterocycles. The highest BCUT2D eigenvalue weighted by molar-refractivity contribution is 5.39. The lowest BCUT2D eigenvalue weighted by Gasteiger charge is -2.56. The Bertz CT molecular complexity index is 1760. The third-order valence-corrected chi connectivity index (χ3v) is 11.1. The van der Waals surface area contributed by atoms with Gasteiger partial charge in [-0.25, -0.2) is 0 Å². The molecule has 10 nitrogen and oxygen atoms in total. The van der Waals surface area contributed by atoms with Crippen molar-refractivity contribution in [2.24, 2.45) is 0 Å². The second kappa shape index (κ2) is 23.9. The van der Waals surface area contributed by atoms with E-state index in [9.17, 15) is 5.11 Å². The van der Waals surface area contributed by atoms with Gasteiger partial charge in [0.15, 0.2) is 0 Å². The van der Waals surface area contributed by atoms with Gasteiger partial charge in [0.25, 0.3) is 0 Å². The van der Waals surface area contributed by atoms with E-state index < -0.39 is 29.7 Å². The summed E-state index contributed by atoms with van der Waals surface area (Å²) >= 11 is 0. The van der Waals surface area contributed by atoms with Crippen molar-refractivity contribution >= 4 is 0 Å². The minimum Gasteiger partial charge on any atom is -0.497 e. The number of unbranched alkanes of at least 4 members (excludes halogenated alkanes) is 3. The molecule has 10 heteroatoms. The first-order valence-corrected chi connectivity index (χ1v) is 21.6. The number of hydrogen-bond donors (Lipinski definition) is 1. The van der Waals surface area contributed by atoms with Crippen molar-refractivity contribution in [1.82, 2.24) is 0 Å². The molecule has 328 valence electrons. The first-order valence-electron chi connectivity index (χ1n) is 21.6. The lowest BCUT2D eigenvalue weighted by Crippen LogP contribution is -2.73. The Kier molecular flexibility index (Phi) is 18.7. The van der Waals surface area contributed by atoms with Gasteiger partial charge in [0, 0.05) is 25.4 Å². The monoisotopic (exact) mass is 828 g/mol. The lowest BCUT2D eigenvalue weighted by atomic mass is 9.80. The van der Waals surface area contributed by atoms with Gasteiger partial charge in [0.05, 0.1) is 47.8 Å². The second-order valence-corrected chi connectivity index (χ2v) is 15.7. The molecule has 1 aliphatic heterocycles. The highest BCUT2D eigenvalue weighted by Crippen LogP contribution is 2.46. The van der Waals surface area contributed by atoms with Crippen molar-refractivity contribution in [3.8, 4) is 17.2 Å². The van der Waals surface area contributed by atoms with Gasteiger partial charge in [-0.2, -0.15) is 0 Å². The van der Waals surface area contributed by atoms with E-state index >= 15 is 0 Å². The Labute approximate surface area is 358 Å². The molecule has 4 atom stereocenters. The maximum atomic E-state index is 13.5. The van der Waals surface area contributed by atoms with Gasteiger partial charge in [-0.3, -0.25) is 0 Å². The highest BCUT2D eigenvalue weighted by Gasteiger charge is 2.64. The lowest BCUT2D eigenvalue weighted by molar-refractivity contribution is -0.411. The molecule has 4 aromatic carbocycles. The summed E-state index contributed by atoms with van der Waals surface area (Å²) in [5.41, 5.74) is 4.36. The number of methoxy groups -OCH3 is 3. The molecule has 1 fully saturated rings. The van der Waals surface area contributed by atoms with Gasteiger partial charge in [-0.15, -0.1) is 0 Å². The Morgan fingerprint density at radius 3 is 1.48 bits per heavy atom. The van der Waals surface area contributed by atoms with Crippen LogP contribution < -0.4 is 14.2 Å². The van der Waals surface area contributed by atoms with Crippen molar-refractivity contribution in [2.45, 2.75) is 116 Å². The van der Waals surface area contributed by atoms with E-state index in [-0.39, 0.29) is 26.4 Å². The maximum absolute atomic E-state index is 13.5. The highest BCUT2D eigenvalue weighted by atomic mass is 16.7. The normalized spacial score (nSPS) is 19.9.